The number of anilines is 1. The molecule has 1 N–H and O–H groups in total. The van der Waals surface area contributed by atoms with Crippen LogP contribution in [0.4, 0.5) is 5.13 Å². The molecule has 1 aromatic carbocycles. The number of carbonyl (C=O) groups is 1. The fraction of sp³-hybridized carbons (Fsp3) is 0.263. The predicted octanol–water partition coefficient (Wildman–Crippen LogP) is 4.30. The summed E-state index contributed by atoms with van der Waals surface area (Å²) in [6.07, 6.45) is 1.65. The summed E-state index contributed by atoms with van der Waals surface area (Å²) in [6.45, 7) is 4.47. The van der Waals surface area contributed by atoms with Crippen LogP contribution in [0.15, 0.2) is 45.4 Å². The van der Waals surface area contributed by atoms with Crippen molar-refractivity contribution < 1.29 is 13.9 Å². The van der Waals surface area contributed by atoms with Gasteiger partial charge >= 0.3 is 0 Å². The molecule has 0 fully saturated rings. The Morgan fingerprint density at radius 2 is 2.28 bits per heavy atom. The van der Waals surface area contributed by atoms with Crippen LogP contribution in [0.2, 0.25) is 0 Å². The standard InChI is InChI=1S/C19H19N5O3S2/c1-4-24-16(14-10-12-6-5-7-13(26-3)15(12)27-14)22-23-19(24)29-11(2)17(25)21-18-20-8-9-28-18/h5-11H,4H2,1-3H3,(H,20,21,25)/t11-/m1/s1. The van der Waals surface area contributed by atoms with Gasteiger partial charge in [0.2, 0.25) is 11.7 Å². The number of para-hydroxylation sites is 1. The number of methoxy groups -OCH3 is 1. The second-order valence-electron chi connectivity index (χ2n) is 6.13. The molecule has 0 saturated heterocycles. The predicted molar refractivity (Wildman–Crippen MR) is 114 cm³/mol. The number of carbonyl (C=O) groups excluding carboxylic acids is 1. The SMILES string of the molecule is CCn1c(S[C@H](C)C(=O)Nc2nccs2)nnc1-c1cc2cccc(OC)c2o1. The summed E-state index contributed by atoms with van der Waals surface area (Å²) in [5.41, 5.74) is 0.668. The average molecular weight is 430 g/mol. The zero-order valence-corrected chi connectivity index (χ0v) is 17.7. The van der Waals surface area contributed by atoms with E-state index in [4.69, 9.17) is 9.15 Å². The van der Waals surface area contributed by atoms with E-state index in [1.807, 2.05) is 48.1 Å². The Kier molecular flexibility index (Phi) is 5.54. The minimum absolute atomic E-state index is 0.134. The van der Waals surface area contributed by atoms with Crippen molar-refractivity contribution in [3.8, 4) is 17.3 Å². The van der Waals surface area contributed by atoms with Gasteiger partial charge in [-0.3, -0.25) is 9.36 Å². The van der Waals surface area contributed by atoms with Crippen LogP contribution < -0.4 is 10.1 Å². The molecule has 3 aromatic heterocycles. The van der Waals surface area contributed by atoms with Crippen molar-refractivity contribution in [3.63, 3.8) is 0 Å². The number of aromatic nitrogens is 4. The third-order valence-corrected chi connectivity index (χ3v) is 6.06. The van der Waals surface area contributed by atoms with E-state index in [1.54, 1.807) is 13.3 Å². The Labute approximate surface area is 175 Å². The Balaban J connectivity index is 1.59. The van der Waals surface area contributed by atoms with Gasteiger partial charge in [0.05, 0.1) is 12.4 Å². The quantitative estimate of drug-likeness (QED) is 0.438. The first-order valence-corrected chi connectivity index (χ1v) is 10.7. The van der Waals surface area contributed by atoms with Crippen LogP contribution in [0.25, 0.3) is 22.6 Å². The van der Waals surface area contributed by atoms with Gasteiger partial charge in [-0.1, -0.05) is 23.9 Å². The van der Waals surface area contributed by atoms with Crippen molar-refractivity contribution in [3.05, 3.63) is 35.8 Å². The van der Waals surface area contributed by atoms with Crippen molar-refractivity contribution in [1.82, 2.24) is 19.7 Å². The molecule has 1 atom stereocenters. The zero-order valence-electron chi connectivity index (χ0n) is 16.1. The van der Waals surface area contributed by atoms with Crippen molar-refractivity contribution in [2.24, 2.45) is 0 Å². The number of hydrogen-bond acceptors (Lipinski definition) is 8. The summed E-state index contributed by atoms with van der Waals surface area (Å²) in [4.78, 5) is 16.5. The number of nitrogens with one attached hydrogen (secondary N) is 1. The number of fused-ring (bicyclic) bond motifs is 1. The molecule has 3 heterocycles. The van der Waals surface area contributed by atoms with Crippen LogP contribution in [0.5, 0.6) is 5.75 Å². The molecule has 150 valence electrons. The number of furan rings is 1. The summed E-state index contributed by atoms with van der Waals surface area (Å²) in [5.74, 6) is 1.75. The molecule has 10 heteroatoms. The highest BCUT2D eigenvalue weighted by Gasteiger charge is 2.22. The van der Waals surface area contributed by atoms with E-state index in [-0.39, 0.29) is 11.2 Å². The van der Waals surface area contributed by atoms with Crippen LogP contribution in [-0.2, 0) is 11.3 Å². The molecule has 0 radical (unpaired) electrons. The lowest BCUT2D eigenvalue weighted by molar-refractivity contribution is -0.115. The van der Waals surface area contributed by atoms with Gasteiger partial charge in [-0.2, -0.15) is 0 Å². The van der Waals surface area contributed by atoms with E-state index in [2.05, 4.69) is 20.5 Å². The number of benzene rings is 1. The van der Waals surface area contributed by atoms with E-state index in [0.29, 0.717) is 39.7 Å². The number of nitrogens with zero attached hydrogens (tertiary/aromatic N) is 4. The maximum absolute atomic E-state index is 12.4. The highest BCUT2D eigenvalue weighted by atomic mass is 32.2. The van der Waals surface area contributed by atoms with Crippen molar-refractivity contribution in [2.75, 3.05) is 12.4 Å². The first-order chi connectivity index (χ1) is 14.1. The van der Waals surface area contributed by atoms with Gasteiger partial charge in [0.15, 0.2) is 27.4 Å². The highest BCUT2D eigenvalue weighted by molar-refractivity contribution is 8.00. The molecule has 0 bridgehead atoms. The molecule has 0 aliphatic rings. The molecule has 0 unspecified atom stereocenters. The lowest BCUT2D eigenvalue weighted by Gasteiger charge is -2.11. The molecule has 0 saturated carbocycles. The van der Waals surface area contributed by atoms with Gasteiger partial charge in [-0.05, 0) is 26.0 Å². The number of thiazole rings is 1. The van der Waals surface area contributed by atoms with E-state index >= 15 is 0 Å². The molecule has 0 aliphatic carbocycles. The monoisotopic (exact) mass is 429 g/mol. The Morgan fingerprint density at radius 1 is 1.41 bits per heavy atom. The third-order valence-electron chi connectivity index (χ3n) is 4.30. The zero-order chi connectivity index (χ0) is 20.4. The molecule has 1 amide bonds. The van der Waals surface area contributed by atoms with Gasteiger partial charge < -0.3 is 14.5 Å². The fourth-order valence-electron chi connectivity index (χ4n) is 2.85. The number of ether oxygens (including phenoxy) is 1. The normalized spacial score (nSPS) is 12.2. The van der Waals surface area contributed by atoms with Crippen LogP contribution in [-0.4, -0.2) is 38.0 Å². The number of rotatable bonds is 7. The van der Waals surface area contributed by atoms with Crippen LogP contribution in [0, 0.1) is 0 Å². The van der Waals surface area contributed by atoms with E-state index in [1.165, 1.54) is 23.1 Å². The maximum Gasteiger partial charge on any atom is 0.239 e. The minimum Gasteiger partial charge on any atom is -0.493 e. The summed E-state index contributed by atoms with van der Waals surface area (Å²) in [6, 6.07) is 7.64. The van der Waals surface area contributed by atoms with Crippen molar-refractivity contribution in [2.45, 2.75) is 30.8 Å². The van der Waals surface area contributed by atoms with E-state index in [9.17, 15) is 4.79 Å². The third kappa shape index (κ3) is 3.85. The van der Waals surface area contributed by atoms with Crippen LogP contribution in [0.1, 0.15) is 13.8 Å². The van der Waals surface area contributed by atoms with Gasteiger partial charge in [-0.25, -0.2) is 4.98 Å². The second-order valence-corrected chi connectivity index (χ2v) is 8.33. The largest absolute Gasteiger partial charge is 0.493 e. The summed E-state index contributed by atoms with van der Waals surface area (Å²) >= 11 is 2.72. The Morgan fingerprint density at radius 3 is 3.00 bits per heavy atom. The van der Waals surface area contributed by atoms with Gasteiger partial charge in [0.25, 0.3) is 0 Å². The lowest BCUT2D eigenvalue weighted by atomic mass is 10.2. The highest BCUT2D eigenvalue weighted by Crippen LogP contribution is 2.34. The van der Waals surface area contributed by atoms with E-state index < -0.39 is 0 Å². The molecular formula is C19H19N5O3S2. The molecule has 4 aromatic rings. The summed E-state index contributed by atoms with van der Waals surface area (Å²) < 4.78 is 13.3. The smallest absolute Gasteiger partial charge is 0.239 e. The molecule has 8 nitrogen and oxygen atoms in total. The average Bonchev–Trinajstić information content (AvgIpc) is 3.46. The van der Waals surface area contributed by atoms with Crippen molar-refractivity contribution in [1.29, 1.82) is 0 Å². The van der Waals surface area contributed by atoms with Crippen LogP contribution >= 0.6 is 23.1 Å². The van der Waals surface area contributed by atoms with E-state index in [0.717, 1.165) is 5.39 Å². The minimum atomic E-state index is -0.364. The summed E-state index contributed by atoms with van der Waals surface area (Å²) in [7, 11) is 1.61. The number of amides is 1. The fourth-order valence-corrected chi connectivity index (χ4v) is 4.30. The first-order valence-electron chi connectivity index (χ1n) is 8.97. The molecular weight excluding hydrogens is 410 g/mol. The van der Waals surface area contributed by atoms with Gasteiger partial charge in [0, 0.05) is 23.5 Å². The molecule has 29 heavy (non-hydrogen) atoms. The topological polar surface area (TPSA) is 95.1 Å². The molecule has 0 aliphatic heterocycles. The van der Waals surface area contributed by atoms with Gasteiger partial charge in [0.1, 0.15) is 0 Å². The Hall–Kier alpha value is -2.85. The summed E-state index contributed by atoms with van der Waals surface area (Å²) in [5, 5.41) is 15.0. The first kappa shape index (κ1) is 19.5. The van der Waals surface area contributed by atoms with Crippen LogP contribution in [0.3, 0.4) is 0 Å². The Bertz CT molecular complexity index is 1140. The lowest BCUT2D eigenvalue weighted by Crippen LogP contribution is -2.22. The van der Waals surface area contributed by atoms with Gasteiger partial charge in [-0.15, -0.1) is 21.5 Å². The second kappa shape index (κ2) is 8.26. The number of thioether (sulfide) groups is 1. The molecule has 0 spiro atoms. The van der Waals surface area contributed by atoms with Crippen molar-refractivity contribution >= 4 is 45.1 Å². The maximum atomic E-state index is 12.4. The number of hydrogen-bond donors (Lipinski definition) is 1. The molecule has 4 rings (SSSR count).